The molecule has 1 saturated carbocycles. The van der Waals surface area contributed by atoms with Gasteiger partial charge in [0.05, 0.1) is 11.6 Å². The van der Waals surface area contributed by atoms with Crippen LogP contribution in [0.25, 0.3) is 0 Å². The van der Waals surface area contributed by atoms with E-state index in [1.54, 1.807) is 0 Å². The van der Waals surface area contributed by atoms with Crippen molar-refractivity contribution in [1.29, 1.82) is 0 Å². The summed E-state index contributed by atoms with van der Waals surface area (Å²) in [6.45, 7) is 3.54. The zero-order valence-electron chi connectivity index (χ0n) is 18.9. The van der Waals surface area contributed by atoms with E-state index in [1.807, 2.05) is 54.6 Å². The number of nitrogen functional groups attached to an aromatic ring is 1. The van der Waals surface area contributed by atoms with E-state index in [1.165, 1.54) is 12.4 Å². The first-order valence-electron chi connectivity index (χ1n) is 11.5. The first-order valence-corrected chi connectivity index (χ1v) is 11.5. The minimum atomic E-state index is -0.153. The molecule has 1 unspecified atom stereocenters. The highest BCUT2D eigenvalue weighted by atomic mass is 16.5. The monoisotopic (exact) mass is 456 g/mol. The van der Waals surface area contributed by atoms with Crippen LogP contribution in [-0.4, -0.2) is 28.0 Å². The maximum Gasteiger partial charge on any atom is 0.243 e. The molecule has 8 nitrogen and oxygen atoms in total. The number of fused-ring (bicyclic) bond motifs is 1. The molecule has 0 saturated heterocycles. The fourth-order valence-electron chi connectivity index (χ4n) is 4.74. The largest absolute Gasteiger partial charge is 0.457 e. The van der Waals surface area contributed by atoms with E-state index in [4.69, 9.17) is 10.5 Å². The fraction of sp³-hybridized carbons (Fsp3) is 0.269. The number of hydrogen-bond donors (Lipinski definition) is 3. The molecule has 0 bridgehead atoms. The fourth-order valence-corrected chi connectivity index (χ4v) is 4.74. The van der Waals surface area contributed by atoms with Crippen molar-refractivity contribution in [3.05, 3.63) is 84.7 Å². The molecular weight excluding hydrogens is 428 g/mol. The SMILES string of the molecule is C=CC(=O)NC1CCC(N2NC(c3ccc(Oc4ccccc4)cc3)c3c(N)ncnc32)CC1. The van der Waals surface area contributed by atoms with Gasteiger partial charge in [-0.2, -0.15) is 0 Å². The molecule has 1 aliphatic heterocycles. The number of para-hydroxylation sites is 1. The summed E-state index contributed by atoms with van der Waals surface area (Å²) >= 11 is 0. The number of nitrogens with two attached hydrogens (primary N) is 1. The van der Waals surface area contributed by atoms with Crippen LogP contribution in [0.15, 0.2) is 73.6 Å². The number of benzene rings is 2. The number of nitrogens with zero attached hydrogens (tertiary/aromatic N) is 3. The quantitative estimate of drug-likeness (QED) is 0.484. The Morgan fingerprint density at radius 1 is 1.06 bits per heavy atom. The minimum absolute atomic E-state index is 0.117. The third kappa shape index (κ3) is 4.45. The van der Waals surface area contributed by atoms with Crippen molar-refractivity contribution in [2.24, 2.45) is 0 Å². The zero-order valence-corrected chi connectivity index (χ0v) is 18.9. The molecule has 0 radical (unpaired) electrons. The highest BCUT2D eigenvalue weighted by molar-refractivity contribution is 5.87. The lowest BCUT2D eigenvalue weighted by Gasteiger charge is -2.35. The van der Waals surface area contributed by atoms with Gasteiger partial charge in [0.1, 0.15) is 23.6 Å². The smallest absolute Gasteiger partial charge is 0.243 e. The summed E-state index contributed by atoms with van der Waals surface area (Å²) in [6.07, 6.45) is 6.48. The number of carbonyl (C=O) groups excluding carboxylic acids is 1. The van der Waals surface area contributed by atoms with Gasteiger partial charge in [-0.1, -0.05) is 36.9 Å². The van der Waals surface area contributed by atoms with Gasteiger partial charge >= 0.3 is 0 Å². The average Bonchev–Trinajstić information content (AvgIpc) is 3.26. The summed E-state index contributed by atoms with van der Waals surface area (Å²) < 4.78 is 5.93. The van der Waals surface area contributed by atoms with E-state index in [-0.39, 0.29) is 24.0 Å². The lowest BCUT2D eigenvalue weighted by molar-refractivity contribution is -0.117. The second-order valence-corrected chi connectivity index (χ2v) is 8.63. The Morgan fingerprint density at radius 3 is 2.47 bits per heavy atom. The molecule has 174 valence electrons. The third-order valence-corrected chi connectivity index (χ3v) is 6.46. The molecule has 5 rings (SSSR count). The molecule has 4 N–H and O–H groups in total. The van der Waals surface area contributed by atoms with Crippen molar-refractivity contribution in [2.45, 2.75) is 43.8 Å². The number of amides is 1. The maximum atomic E-state index is 11.7. The highest BCUT2D eigenvalue weighted by Gasteiger charge is 2.38. The van der Waals surface area contributed by atoms with Gasteiger partial charge in [0.2, 0.25) is 5.91 Å². The van der Waals surface area contributed by atoms with Gasteiger partial charge in [-0.15, -0.1) is 0 Å². The van der Waals surface area contributed by atoms with Crippen molar-refractivity contribution in [2.75, 3.05) is 10.7 Å². The molecule has 3 aromatic rings. The van der Waals surface area contributed by atoms with Crippen molar-refractivity contribution in [3.8, 4) is 11.5 Å². The number of nitrogens with one attached hydrogen (secondary N) is 2. The Morgan fingerprint density at radius 2 is 1.76 bits per heavy atom. The van der Waals surface area contributed by atoms with Gasteiger partial charge < -0.3 is 15.8 Å². The Kier molecular flexibility index (Phi) is 6.14. The first kappa shape index (κ1) is 21.9. The molecular formula is C26H28N6O2. The zero-order chi connectivity index (χ0) is 23.5. The van der Waals surface area contributed by atoms with Crippen LogP contribution >= 0.6 is 0 Å². The van der Waals surface area contributed by atoms with Crippen LogP contribution in [0.1, 0.15) is 42.9 Å². The van der Waals surface area contributed by atoms with Gasteiger partial charge in [0.25, 0.3) is 0 Å². The molecule has 2 aliphatic rings. The van der Waals surface area contributed by atoms with E-state index < -0.39 is 0 Å². The standard InChI is InChI=1S/C26H28N6O2/c1-2-22(33)30-18-10-12-19(13-11-18)32-26-23(25(27)28-16-29-26)24(31-32)17-8-14-21(15-9-17)34-20-6-4-3-5-7-20/h2-9,14-16,18-19,24,31H,1,10-13H2,(H,30,33)(H2,27,28,29). The lowest BCUT2D eigenvalue weighted by Crippen LogP contribution is -2.48. The summed E-state index contributed by atoms with van der Waals surface area (Å²) in [7, 11) is 0. The van der Waals surface area contributed by atoms with Crippen molar-refractivity contribution in [1.82, 2.24) is 20.7 Å². The van der Waals surface area contributed by atoms with E-state index in [2.05, 4.69) is 32.3 Å². The number of carbonyl (C=O) groups is 1. The van der Waals surface area contributed by atoms with E-state index in [0.29, 0.717) is 5.82 Å². The van der Waals surface area contributed by atoms with E-state index in [0.717, 1.165) is 54.1 Å². The predicted octanol–water partition coefficient (Wildman–Crippen LogP) is 3.88. The molecule has 1 fully saturated rings. The minimum Gasteiger partial charge on any atom is -0.457 e. The lowest BCUT2D eigenvalue weighted by atomic mass is 9.90. The normalized spacial score (nSPS) is 21.5. The summed E-state index contributed by atoms with van der Waals surface area (Å²) in [5.74, 6) is 2.74. The number of anilines is 2. The number of aromatic nitrogens is 2. The topological polar surface area (TPSA) is 105 Å². The van der Waals surface area contributed by atoms with Gasteiger partial charge in [-0.3, -0.25) is 9.80 Å². The molecule has 0 spiro atoms. The van der Waals surface area contributed by atoms with Crippen molar-refractivity contribution in [3.63, 3.8) is 0 Å². The Hall–Kier alpha value is -3.91. The Balaban J connectivity index is 1.33. The summed E-state index contributed by atoms with van der Waals surface area (Å²) in [5.41, 5.74) is 11.9. The second-order valence-electron chi connectivity index (χ2n) is 8.63. The van der Waals surface area contributed by atoms with Crippen LogP contribution in [0.5, 0.6) is 11.5 Å². The molecule has 1 amide bonds. The molecule has 1 aromatic heterocycles. The van der Waals surface area contributed by atoms with Gasteiger partial charge in [0, 0.05) is 12.1 Å². The Bertz CT molecular complexity index is 1160. The van der Waals surface area contributed by atoms with Gasteiger partial charge in [-0.05, 0) is 61.6 Å². The number of rotatable bonds is 6. The van der Waals surface area contributed by atoms with Gasteiger partial charge in [-0.25, -0.2) is 15.4 Å². The van der Waals surface area contributed by atoms with E-state index >= 15 is 0 Å². The summed E-state index contributed by atoms with van der Waals surface area (Å²) in [6, 6.07) is 18.0. The molecule has 34 heavy (non-hydrogen) atoms. The van der Waals surface area contributed by atoms with Crippen LogP contribution < -0.4 is 26.2 Å². The number of ether oxygens (including phenoxy) is 1. The van der Waals surface area contributed by atoms with Crippen LogP contribution in [0.2, 0.25) is 0 Å². The van der Waals surface area contributed by atoms with Crippen LogP contribution in [-0.2, 0) is 4.79 Å². The number of hydrogen-bond acceptors (Lipinski definition) is 7. The third-order valence-electron chi connectivity index (χ3n) is 6.46. The van der Waals surface area contributed by atoms with Crippen LogP contribution in [0.4, 0.5) is 11.6 Å². The first-order chi connectivity index (χ1) is 16.6. The molecule has 1 atom stereocenters. The number of hydrazine groups is 1. The van der Waals surface area contributed by atoms with Gasteiger partial charge in [0.15, 0.2) is 5.82 Å². The summed E-state index contributed by atoms with van der Waals surface area (Å²) in [4.78, 5) is 20.5. The molecule has 2 heterocycles. The van der Waals surface area contributed by atoms with Crippen molar-refractivity contribution >= 4 is 17.5 Å². The molecule has 2 aromatic carbocycles. The van der Waals surface area contributed by atoms with Crippen molar-refractivity contribution < 1.29 is 9.53 Å². The predicted molar refractivity (Wildman–Crippen MR) is 131 cm³/mol. The molecule has 1 aliphatic carbocycles. The second kappa shape index (κ2) is 9.52. The summed E-state index contributed by atoms with van der Waals surface area (Å²) in [5, 5.41) is 5.15. The highest BCUT2D eigenvalue weighted by Crippen LogP contribution is 2.41. The molecule has 8 heteroatoms. The maximum absolute atomic E-state index is 11.7. The average molecular weight is 457 g/mol. The van der Waals surface area contributed by atoms with Crippen LogP contribution in [0.3, 0.4) is 0 Å². The Labute approximate surface area is 198 Å². The van der Waals surface area contributed by atoms with Crippen LogP contribution in [0, 0.1) is 0 Å². The van der Waals surface area contributed by atoms with E-state index in [9.17, 15) is 4.79 Å².